The molecule has 3 nitrogen and oxygen atoms in total. The van der Waals surface area contributed by atoms with Gasteiger partial charge in [-0.25, -0.2) is 4.98 Å². The largest absolute Gasteiger partial charge is 0.370 e. The summed E-state index contributed by atoms with van der Waals surface area (Å²) in [6, 6.07) is 4.18. The zero-order chi connectivity index (χ0) is 12.0. The summed E-state index contributed by atoms with van der Waals surface area (Å²) in [5, 5.41) is 3.29. The molecule has 0 saturated heterocycles. The highest BCUT2D eigenvalue weighted by Crippen LogP contribution is 2.21. The fraction of sp³-hybridized carbons (Fsp3) is 0.615. The topological polar surface area (TPSA) is 50.9 Å². The fourth-order valence-electron chi connectivity index (χ4n) is 1.43. The molecule has 0 spiro atoms. The van der Waals surface area contributed by atoms with Crippen LogP contribution in [0.1, 0.15) is 39.2 Å². The van der Waals surface area contributed by atoms with E-state index in [1.807, 2.05) is 12.3 Å². The molecule has 0 aliphatic heterocycles. The second-order valence-electron chi connectivity index (χ2n) is 5.10. The normalized spacial score (nSPS) is 11.5. The van der Waals surface area contributed by atoms with Gasteiger partial charge < -0.3 is 11.1 Å². The van der Waals surface area contributed by atoms with Crippen molar-refractivity contribution in [3.8, 4) is 0 Å². The van der Waals surface area contributed by atoms with E-state index >= 15 is 0 Å². The van der Waals surface area contributed by atoms with Crippen molar-refractivity contribution in [2.24, 2.45) is 5.73 Å². The molecule has 90 valence electrons. The van der Waals surface area contributed by atoms with Crippen molar-refractivity contribution in [2.45, 2.75) is 39.0 Å². The number of aromatic nitrogens is 1. The van der Waals surface area contributed by atoms with Crippen molar-refractivity contribution in [3.05, 3.63) is 23.9 Å². The highest BCUT2D eigenvalue weighted by Gasteiger charge is 2.13. The molecular weight excluding hydrogens is 198 g/mol. The van der Waals surface area contributed by atoms with E-state index in [1.165, 1.54) is 5.56 Å². The van der Waals surface area contributed by atoms with Gasteiger partial charge in [-0.1, -0.05) is 26.8 Å². The maximum Gasteiger partial charge on any atom is 0.125 e. The van der Waals surface area contributed by atoms with Gasteiger partial charge in [-0.05, 0) is 36.4 Å². The van der Waals surface area contributed by atoms with Gasteiger partial charge in [0.25, 0.3) is 0 Å². The van der Waals surface area contributed by atoms with E-state index in [4.69, 9.17) is 5.73 Å². The number of nitrogens with one attached hydrogen (secondary N) is 1. The van der Waals surface area contributed by atoms with Crippen molar-refractivity contribution in [1.82, 2.24) is 4.98 Å². The average Bonchev–Trinajstić information content (AvgIpc) is 2.24. The highest BCUT2D eigenvalue weighted by molar-refractivity contribution is 5.36. The molecule has 1 rings (SSSR count). The molecule has 1 heterocycles. The van der Waals surface area contributed by atoms with Gasteiger partial charge in [0.1, 0.15) is 5.82 Å². The smallest absolute Gasteiger partial charge is 0.125 e. The molecule has 0 bridgehead atoms. The van der Waals surface area contributed by atoms with Crippen molar-refractivity contribution >= 4 is 5.82 Å². The van der Waals surface area contributed by atoms with Gasteiger partial charge in [0.2, 0.25) is 0 Å². The van der Waals surface area contributed by atoms with Crippen LogP contribution in [0.4, 0.5) is 5.82 Å². The lowest BCUT2D eigenvalue weighted by Crippen LogP contribution is -2.12. The summed E-state index contributed by atoms with van der Waals surface area (Å²) in [5.74, 6) is 0.949. The molecule has 0 atom stereocenters. The van der Waals surface area contributed by atoms with Crippen LogP contribution in [0.3, 0.4) is 0 Å². The van der Waals surface area contributed by atoms with Gasteiger partial charge in [0, 0.05) is 12.7 Å². The van der Waals surface area contributed by atoms with Crippen LogP contribution in [0.25, 0.3) is 0 Å². The minimum Gasteiger partial charge on any atom is -0.370 e. The summed E-state index contributed by atoms with van der Waals surface area (Å²) >= 11 is 0. The first kappa shape index (κ1) is 13.0. The number of pyridine rings is 1. The van der Waals surface area contributed by atoms with Crippen LogP contribution in [0.2, 0.25) is 0 Å². The first-order chi connectivity index (χ1) is 7.54. The van der Waals surface area contributed by atoms with Crippen molar-refractivity contribution in [3.63, 3.8) is 0 Å². The lowest BCUT2D eigenvalue weighted by molar-refractivity contribution is 0.587. The number of hydrogen-bond donors (Lipinski definition) is 2. The molecular formula is C13H23N3. The van der Waals surface area contributed by atoms with Crippen LogP contribution in [-0.4, -0.2) is 18.1 Å². The molecule has 0 aliphatic carbocycles. The molecule has 0 unspecified atom stereocenters. The minimum absolute atomic E-state index is 0.172. The lowest BCUT2D eigenvalue weighted by atomic mass is 9.88. The molecule has 16 heavy (non-hydrogen) atoms. The lowest BCUT2D eigenvalue weighted by Gasteiger charge is -2.18. The van der Waals surface area contributed by atoms with Crippen LogP contribution in [0, 0.1) is 0 Å². The predicted molar refractivity (Wildman–Crippen MR) is 69.7 cm³/mol. The third kappa shape index (κ3) is 4.19. The van der Waals surface area contributed by atoms with Crippen LogP contribution >= 0.6 is 0 Å². The Labute approximate surface area is 98.5 Å². The summed E-state index contributed by atoms with van der Waals surface area (Å²) in [4.78, 5) is 4.40. The quantitative estimate of drug-likeness (QED) is 0.751. The molecule has 3 N–H and O–H groups in total. The van der Waals surface area contributed by atoms with Gasteiger partial charge in [-0.2, -0.15) is 0 Å². The summed E-state index contributed by atoms with van der Waals surface area (Å²) in [7, 11) is 0. The molecule has 0 amide bonds. The van der Waals surface area contributed by atoms with E-state index < -0.39 is 0 Å². The van der Waals surface area contributed by atoms with E-state index in [0.29, 0.717) is 0 Å². The maximum absolute atomic E-state index is 5.43. The maximum atomic E-state index is 5.43. The summed E-state index contributed by atoms with van der Waals surface area (Å²) in [5.41, 5.74) is 6.87. The number of unbranched alkanes of at least 4 members (excludes halogenated alkanes) is 1. The van der Waals surface area contributed by atoms with Gasteiger partial charge in [0.05, 0.1) is 0 Å². The van der Waals surface area contributed by atoms with Crippen LogP contribution < -0.4 is 11.1 Å². The number of hydrogen-bond acceptors (Lipinski definition) is 3. The van der Waals surface area contributed by atoms with E-state index in [9.17, 15) is 0 Å². The zero-order valence-electron chi connectivity index (χ0n) is 10.6. The Bertz CT molecular complexity index is 298. The minimum atomic E-state index is 0.172. The Kier molecular flexibility index (Phi) is 4.74. The molecule has 0 radical (unpaired) electrons. The van der Waals surface area contributed by atoms with Gasteiger partial charge in [0.15, 0.2) is 0 Å². The molecule has 1 aromatic heterocycles. The molecule has 0 aromatic carbocycles. The Morgan fingerprint density at radius 2 is 2.00 bits per heavy atom. The number of nitrogens with two attached hydrogens (primary N) is 1. The summed E-state index contributed by atoms with van der Waals surface area (Å²) < 4.78 is 0. The standard InChI is InChI=1S/C13H23N3/c1-13(2,3)11-6-7-12(16-10-11)15-9-5-4-8-14/h6-7,10H,4-5,8-9,14H2,1-3H3,(H,15,16). The third-order valence-electron chi connectivity index (χ3n) is 2.57. The Hall–Kier alpha value is -1.09. The van der Waals surface area contributed by atoms with Crippen molar-refractivity contribution in [1.29, 1.82) is 0 Å². The summed E-state index contributed by atoms with van der Waals surface area (Å²) in [6.07, 6.45) is 4.11. The van der Waals surface area contributed by atoms with Crippen molar-refractivity contribution < 1.29 is 0 Å². The average molecular weight is 221 g/mol. The van der Waals surface area contributed by atoms with Crippen LogP contribution in [0.15, 0.2) is 18.3 Å². The number of rotatable bonds is 5. The van der Waals surface area contributed by atoms with Crippen molar-refractivity contribution in [2.75, 3.05) is 18.4 Å². The van der Waals surface area contributed by atoms with E-state index in [-0.39, 0.29) is 5.41 Å². The molecule has 1 aromatic rings. The predicted octanol–water partition coefficient (Wildman–Crippen LogP) is 2.53. The highest BCUT2D eigenvalue weighted by atomic mass is 15.0. The number of nitrogens with zero attached hydrogens (tertiary/aromatic N) is 1. The molecule has 0 fully saturated rings. The molecule has 0 saturated carbocycles. The first-order valence-electron chi connectivity index (χ1n) is 5.94. The Morgan fingerprint density at radius 1 is 1.25 bits per heavy atom. The second kappa shape index (κ2) is 5.85. The monoisotopic (exact) mass is 221 g/mol. The summed E-state index contributed by atoms with van der Waals surface area (Å²) in [6.45, 7) is 8.28. The van der Waals surface area contributed by atoms with E-state index in [1.54, 1.807) is 0 Å². The number of anilines is 1. The van der Waals surface area contributed by atoms with E-state index in [2.05, 4.69) is 37.1 Å². The fourth-order valence-corrected chi connectivity index (χ4v) is 1.43. The van der Waals surface area contributed by atoms with Gasteiger partial charge >= 0.3 is 0 Å². The second-order valence-corrected chi connectivity index (χ2v) is 5.10. The van der Waals surface area contributed by atoms with E-state index in [0.717, 1.165) is 31.7 Å². The molecule has 0 aliphatic rings. The SMILES string of the molecule is CC(C)(C)c1ccc(NCCCCN)nc1. The Balaban J connectivity index is 2.46. The van der Waals surface area contributed by atoms with Gasteiger partial charge in [-0.15, -0.1) is 0 Å². The third-order valence-corrected chi connectivity index (χ3v) is 2.57. The molecule has 3 heteroatoms. The Morgan fingerprint density at radius 3 is 2.50 bits per heavy atom. The first-order valence-corrected chi connectivity index (χ1v) is 5.94. The van der Waals surface area contributed by atoms with Gasteiger partial charge in [-0.3, -0.25) is 0 Å². The van der Waals surface area contributed by atoms with Crippen LogP contribution in [-0.2, 0) is 5.41 Å². The zero-order valence-corrected chi connectivity index (χ0v) is 10.6. The van der Waals surface area contributed by atoms with Crippen LogP contribution in [0.5, 0.6) is 0 Å².